The van der Waals surface area contributed by atoms with Crippen molar-refractivity contribution in [2.45, 2.75) is 136 Å². The first-order chi connectivity index (χ1) is 17.9. The number of methoxy groups -OCH3 is 1. The smallest absolute Gasteiger partial charge is 0.311 e. The molecular weight excluding hydrogens is 508 g/mol. The Hall–Kier alpha value is -1.14. The zero-order chi connectivity index (χ0) is 30.0. The van der Waals surface area contributed by atoms with E-state index in [9.17, 15) is 30.0 Å². The number of aliphatic hydroxyl groups is 4. The summed E-state index contributed by atoms with van der Waals surface area (Å²) in [6, 6.07) is 0. The number of carbonyl (C=O) groups excluding carboxylic acids is 2. The molecule has 0 spiro atoms. The topological polar surface area (TPSA) is 152 Å². The Labute approximate surface area is 233 Å². The summed E-state index contributed by atoms with van der Waals surface area (Å²) in [5.74, 6) is -4.42. The number of hydrogen-bond acceptors (Lipinski definition) is 10. The monoisotopic (exact) mass is 560 g/mol. The standard InChI is InChI=1S/C29H52O10/c1-11-20-15(3)23(31)16(4)22(30)14(2)12-28(8,35)25(32)17(5)24(18(6)27(34)38-20)39-21-13-29(9,36-10)26(33)19(7)37-21/h14-21,23-26,31-33,35H,11-13H2,1-10H3/t14-,15+,16+,17+,18-,19+,20-,21+,23+,24+,25-,26+,28-,29-/m1/s1. The molecule has 0 aromatic heterocycles. The zero-order valence-corrected chi connectivity index (χ0v) is 25.3. The maximum Gasteiger partial charge on any atom is 0.311 e. The van der Waals surface area contributed by atoms with Crippen molar-refractivity contribution in [3.8, 4) is 0 Å². The van der Waals surface area contributed by atoms with Gasteiger partial charge in [-0.25, -0.2) is 0 Å². The maximum absolute atomic E-state index is 13.5. The molecule has 0 unspecified atom stereocenters. The summed E-state index contributed by atoms with van der Waals surface area (Å²) in [5.41, 5.74) is -2.67. The highest BCUT2D eigenvalue weighted by Crippen LogP contribution is 2.38. The molecule has 2 fully saturated rings. The summed E-state index contributed by atoms with van der Waals surface area (Å²) in [6.07, 6.45) is -5.91. The van der Waals surface area contributed by atoms with Gasteiger partial charge >= 0.3 is 5.97 Å². The number of ketones is 1. The lowest BCUT2D eigenvalue weighted by atomic mass is 9.75. The second kappa shape index (κ2) is 13.2. The van der Waals surface area contributed by atoms with E-state index in [0.717, 1.165) is 0 Å². The van der Waals surface area contributed by atoms with E-state index < -0.39 is 89.7 Å². The minimum absolute atomic E-state index is 0.0452. The summed E-state index contributed by atoms with van der Waals surface area (Å²) >= 11 is 0. The van der Waals surface area contributed by atoms with Gasteiger partial charge in [-0.2, -0.15) is 0 Å². The molecule has 0 bridgehead atoms. The quantitative estimate of drug-likeness (QED) is 0.377. The number of ether oxygens (including phenoxy) is 4. The Morgan fingerprint density at radius 2 is 1.51 bits per heavy atom. The van der Waals surface area contributed by atoms with Gasteiger partial charge in [0.2, 0.25) is 0 Å². The predicted molar refractivity (Wildman–Crippen MR) is 143 cm³/mol. The second-order valence-corrected chi connectivity index (χ2v) is 12.5. The number of rotatable bonds is 4. The first-order valence-electron chi connectivity index (χ1n) is 14.3. The molecule has 0 aliphatic carbocycles. The van der Waals surface area contributed by atoms with Crippen molar-refractivity contribution >= 4 is 11.8 Å². The third kappa shape index (κ3) is 7.39. The molecule has 0 saturated carbocycles. The van der Waals surface area contributed by atoms with Crippen LogP contribution in [-0.2, 0) is 28.5 Å². The van der Waals surface area contributed by atoms with Crippen LogP contribution >= 0.6 is 0 Å². The van der Waals surface area contributed by atoms with E-state index in [1.807, 2.05) is 6.92 Å². The molecule has 2 saturated heterocycles. The van der Waals surface area contributed by atoms with Gasteiger partial charge in [0.05, 0.1) is 41.5 Å². The number of esters is 1. The van der Waals surface area contributed by atoms with Gasteiger partial charge in [-0.1, -0.05) is 34.6 Å². The van der Waals surface area contributed by atoms with E-state index in [4.69, 9.17) is 18.9 Å². The fraction of sp³-hybridized carbons (Fsp3) is 0.931. The highest BCUT2D eigenvalue weighted by atomic mass is 16.7. The Morgan fingerprint density at radius 1 is 0.923 bits per heavy atom. The molecule has 2 aliphatic heterocycles. The predicted octanol–water partition coefficient (Wildman–Crippen LogP) is 2.22. The molecule has 10 heteroatoms. The van der Waals surface area contributed by atoms with Crippen molar-refractivity contribution in [3.05, 3.63) is 0 Å². The minimum atomic E-state index is -1.70. The van der Waals surface area contributed by atoms with Crippen molar-refractivity contribution in [1.29, 1.82) is 0 Å². The average Bonchev–Trinajstić information content (AvgIpc) is 2.89. The average molecular weight is 561 g/mol. The first kappa shape index (κ1) is 34.1. The number of cyclic esters (lactones) is 1. The largest absolute Gasteiger partial charge is 0.462 e. The number of carbonyl (C=O) groups is 2. The van der Waals surface area contributed by atoms with Gasteiger partial charge in [-0.05, 0) is 40.5 Å². The van der Waals surface area contributed by atoms with Gasteiger partial charge in [-0.15, -0.1) is 0 Å². The molecule has 0 amide bonds. The van der Waals surface area contributed by atoms with E-state index in [-0.39, 0.29) is 18.6 Å². The lowest BCUT2D eigenvalue weighted by Gasteiger charge is -2.46. The van der Waals surface area contributed by atoms with Gasteiger partial charge in [0.25, 0.3) is 0 Å². The van der Waals surface area contributed by atoms with Gasteiger partial charge in [0, 0.05) is 37.2 Å². The van der Waals surface area contributed by atoms with Crippen LogP contribution in [0.1, 0.15) is 81.6 Å². The lowest BCUT2D eigenvalue weighted by molar-refractivity contribution is -0.299. The first-order valence-corrected chi connectivity index (χ1v) is 14.3. The van der Waals surface area contributed by atoms with Crippen molar-refractivity contribution in [3.63, 3.8) is 0 Å². The zero-order valence-electron chi connectivity index (χ0n) is 25.3. The summed E-state index contributed by atoms with van der Waals surface area (Å²) in [7, 11) is 1.49. The van der Waals surface area contributed by atoms with E-state index in [2.05, 4.69) is 0 Å². The molecule has 0 aromatic rings. The van der Waals surface area contributed by atoms with Gasteiger partial charge < -0.3 is 39.4 Å². The molecular formula is C29H52O10. The molecule has 2 rings (SSSR count). The summed E-state index contributed by atoms with van der Waals surface area (Å²) < 4.78 is 23.7. The lowest BCUT2D eigenvalue weighted by Crippen LogP contribution is -2.58. The Balaban J connectivity index is 2.50. The van der Waals surface area contributed by atoms with Gasteiger partial charge in [0.15, 0.2) is 6.29 Å². The normalized spacial score (nSPS) is 49.3. The SMILES string of the molecule is CC[C@H]1OC(=O)[C@H](C)[C@@H](O[C@H]2C[C@@](C)(OC)[C@@H](O)[C@H](C)O2)[C@H](C)[C@@H](O)[C@](C)(O)C[C@@H](C)C(=O)[C@H](C)[C@@H](O)[C@H]1C. The highest BCUT2D eigenvalue weighted by molar-refractivity contribution is 5.83. The fourth-order valence-corrected chi connectivity index (χ4v) is 6.30. The van der Waals surface area contributed by atoms with Gasteiger partial charge in [0.1, 0.15) is 18.0 Å². The third-order valence-corrected chi connectivity index (χ3v) is 9.26. The fourth-order valence-electron chi connectivity index (χ4n) is 6.30. The number of hydrogen-bond donors (Lipinski definition) is 4. The maximum atomic E-state index is 13.5. The van der Waals surface area contributed by atoms with Crippen LogP contribution in [0.2, 0.25) is 0 Å². The van der Waals surface area contributed by atoms with Crippen LogP contribution in [0.4, 0.5) is 0 Å². The third-order valence-electron chi connectivity index (χ3n) is 9.26. The Morgan fingerprint density at radius 3 is 2.05 bits per heavy atom. The van der Waals surface area contributed by atoms with Crippen molar-refractivity contribution in [1.82, 2.24) is 0 Å². The molecule has 2 aliphatic rings. The van der Waals surface area contributed by atoms with Crippen LogP contribution < -0.4 is 0 Å². The molecule has 0 aromatic carbocycles. The highest BCUT2D eigenvalue weighted by Gasteiger charge is 2.49. The van der Waals surface area contributed by atoms with Crippen LogP contribution in [0.15, 0.2) is 0 Å². The molecule has 39 heavy (non-hydrogen) atoms. The van der Waals surface area contributed by atoms with E-state index in [1.165, 1.54) is 14.0 Å². The van der Waals surface area contributed by atoms with Gasteiger partial charge in [-0.3, -0.25) is 9.59 Å². The van der Waals surface area contributed by atoms with Crippen molar-refractivity contribution in [2.75, 3.05) is 7.11 Å². The Kier molecular flexibility index (Phi) is 11.6. The molecule has 0 radical (unpaired) electrons. The summed E-state index contributed by atoms with van der Waals surface area (Å²) in [6.45, 7) is 15.1. The number of aliphatic hydroxyl groups excluding tert-OH is 3. The molecule has 10 nitrogen and oxygen atoms in total. The molecule has 4 N–H and O–H groups in total. The van der Waals surface area contributed by atoms with Crippen LogP contribution in [0.25, 0.3) is 0 Å². The summed E-state index contributed by atoms with van der Waals surface area (Å²) in [4.78, 5) is 26.7. The van der Waals surface area contributed by atoms with E-state index >= 15 is 0 Å². The Bertz CT molecular complexity index is 833. The van der Waals surface area contributed by atoms with E-state index in [0.29, 0.717) is 6.42 Å². The summed E-state index contributed by atoms with van der Waals surface area (Å²) in [5, 5.41) is 44.3. The van der Waals surface area contributed by atoms with Crippen LogP contribution in [0.3, 0.4) is 0 Å². The molecule has 2 heterocycles. The van der Waals surface area contributed by atoms with Crippen molar-refractivity contribution in [2.24, 2.45) is 29.6 Å². The van der Waals surface area contributed by atoms with Crippen molar-refractivity contribution < 1.29 is 49.0 Å². The minimum Gasteiger partial charge on any atom is -0.462 e. The second-order valence-electron chi connectivity index (χ2n) is 12.5. The van der Waals surface area contributed by atoms with Crippen LogP contribution in [0, 0.1) is 29.6 Å². The van der Waals surface area contributed by atoms with Crippen LogP contribution in [-0.4, -0.2) is 93.4 Å². The van der Waals surface area contributed by atoms with Crippen LogP contribution in [0.5, 0.6) is 0 Å². The molecule has 14 atom stereocenters. The van der Waals surface area contributed by atoms with E-state index in [1.54, 1.807) is 48.5 Å². The number of Topliss-reactive ketones (excluding diaryl/α,β-unsaturated/α-hetero) is 1. The molecule has 228 valence electrons.